The van der Waals surface area contributed by atoms with Crippen molar-refractivity contribution in [1.29, 1.82) is 0 Å². The predicted octanol–water partition coefficient (Wildman–Crippen LogP) is 5.50. The third kappa shape index (κ3) is 3.52. The SMILES string of the molecule is CC1CN(c2cccc(-c3ccc4c(c3)C(C)(C)CCC4(C)C)c2)CCN1. The molecule has 1 N–H and O–H groups in total. The second kappa shape index (κ2) is 6.67. The number of nitrogens with one attached hydrogen (secondary N) is 1. The van der Waals surface area contributed by atoms with Crippen LogP contribution in [0.1, 0.15) is 58.6 Å². The van der Waals surface area contributed by atoms with Gasteiger partial charge in [0, 0.05) is 31.4 Å². The molecule has 0 aromatic heterocycles. The van der Waals surface area contributed by atoms with Crippen LogP contribution in [-0.2, 0) is 10.8 Å². The van der Waals surface area contributed by atoms with Crippen LogP contribution in [-0.4, -0.2) is 25.7 Å². The highest BCUT2D eigenvalue weighted by Gasteiger charge is 2.36. The number of hydrogen-bond acceptors (Lipinski definition) is 2. The highest BCUT2D eigenvalue weighted by atomic mass is 15.2. The summed E-state index contributed by atoms with van der Waals surface area (Å²) in [4.78, 5) is 2.51. The Bertz CT molecular complexity index is 834. The van der Waals surface area contributed by atoms with Crippen LogP contribution in [0.25, 0.3) is 11.1 Å². The molecule has 0 saturated carbocycles. The monoisotopic (exact) mass is 362 g/mol. The summed E-state index contributed by atoms with van der Waals surface area (Å²) < 4.78 is 0. The Morgan fingerprint density at radius 1 is 0.889 bits per heavy atom. The first-order valence-corrected chi connectivity index (χ1v) is 10.5. The third-order valence-corrected chi connectivity index (χ3v) is 6.77. The summed E-state index contributed by atoms with van der Waals surface area (Å²) in [5.41, 5.74) is 7.64. The van der Waals surface area contributed by atoms with Crippen LogP contribution >= 0.6 is 0 Å². The van der Waals surface area contributed by atoms with Crippen molar-refractivity contribution in [2.45, 2.75) is 64.3 Å². The van der Waals surface area contributed by atoms with Crippen molar-refractivity contribution in [2.75, 3.05) is 24.5 Å². The molecule has 2 heteroatoms. The molecule has 2 aromatic carbocycles. The van der Waals surface area contributed by atoms with Gasteiger partial charge in [-0.05, 0) is 65.0 Å². The largest absolute Gasteiger partial charge is 0.369 e. The summed E-state index contributed by atoms with van der Waals surface area (Å²) in [6.45, 7) is 15.1. The van der Waals surface area contributed by atoms with Crippen LogP contribution in [0.3, 0.4) is 0 Å². The maximum Gasteiger partial charge on any atom is 0.0373 e. The van der Waals surface area contributed by atoms with Gasteiger partial charge in [0.15, 0.2) is 0 Å². The number of nitrogens with zero attached hydrogens (tertiary/aromatic N) is 1. The predicted molar refractivity (Wildman–Crippen MR) is 117 cm³/mol. The molecule has 4 rings (SSSR count). The van der Waals surface area contributed by atoms with Crippen molar-refractivity contribution in [3.8, 4) is 11.1 Å². The van der Waals surface area contributed by atoms with Crippen molar-refractivity contribution in [1.82, 2.24) is 5.32 Å². The van der Waals surface area contributed by atoms with Crippen LogP contribution in [0.5, 0.6) is 0 Å². The fourth-order valence-electron chi connectivity index (χ4n) is 4.82. The van der Waals surface area contributed by atoms with E-state index >= 15 is 0 Å². The zero-order valence-electron chi connectivity index (χ0n) is 17.6. The molecule has 0 amide bonds. The topological polar surface area (TPSA) is 15.3 Å². The average molecular weight is 363 g/mol. The third-order valence-electron chi connectivity index (χ3n) is 6.77. The van der Waals surface area contributed by atoms with E-state index < -0.39 is 0 Å². The molecule has 2 aliphatic rings. The first-order valence-electron chi connectivity index (χ1n) is 10.5. The lowest BCUT2D eigenvalue weighted by molar-refractivity contribution is 0.332. The van der Waals surface area contributed by atoms with E-state index in [1.165, 1.54) is 40.8 Å². The van der Waals surface area contributed by atoms with Crippen LogP contribution in [0.4, 0.5) is 5.69 Å². The maximum atomic E-state index is 3.54. The van der Waals surface area contributed by atoms with Crippen LogP contribution in [0, 0.1) is 0 Å². The van der Waals surface area contributed by atoms with E-state index in [2.05, 4.69) is 87.3 Å². The summed E-state index contributed by atoms with van der Waals surface area (Å²) >= 11 is 0. The maximum absolute atomic E-state index is 3.54. The van der Waals surface area contributed by atoms with Gasteiger partial charge in [-0.25, -0.2) is 0 Å². The van der Waals surface area contributed by atoms with Crippen LogP contribution in [0.2, 0.25) is 0 Å². The molecule has 1 atom stereocenters. The highest BCUT2D eigenvalue weighted by molar-refractivity contribution is 5.70. The van der Waals surface area contributed by atoms with Gasteiger partial charge in [0.2, 0.25) is 0 Å². The van der Waals surface area contributed by atoms with E-state index in [0.717, 1.165) is 19.6 Å². The second-order valence-electron chi connectivity index (χ2n) is 9.88. The molecule has 1 aliphatic heterocycles. The van der Waals surface area contributed by atoms with E-state index in [4.69, 9.17) is 0 Å². The molecule has 27 heavy (non-hydrogen) atoms. The normalized spacial score (nSPS) is 23.7. The lowest BCUT2D eigenvalue weighted by atomic mass is 9.63. The number of piperazine rings is 1. The molecule has 0 bridgehead atoms. The van der Waals surface area contributed by atoms with Gasteiger partial charge in [-0.15, -0.1) is 0 Å². The van der Waals surface area contributed by atoms with E-state index in [1.807, 2.05) is 0 Å². The highest BCUT2D eigenvalue weighted by Crippen LogP contribution is 2.46. The Labute approximate surface area is 165 Å². The fourth-order valence-corrected chi connectivity index (χ4v) is 4.82. The Morgan fingerprint density at radius 3 is 2.33 bits per heavy atom. The molecular formula is C25H34N2. The first kappa shape index (κ1) is 18.6. The van der Waals surface area contributed by atoms with E-state index in [-0.39, 0.29) is 10.8 Å². The fraction of sp³-hybridized carbons (Fsp3) is 0.520. The lowest BCUT2D eigenvalue weighted by Gasteiger charge is -2.42. The summed E-state index contributed by atoms with van der Waals surface area (Å²) in [7, 11) is 0. The summed E-state index contributed by atoms with van der Waals surface area (Å²) in [6, 6.07) is 16.9. The summed E-state index contributed by atoms with van der Waals surface area (Å²) in [6.07, 6.45) is 2.53. The van der Waals surface area contributed by atoms with E-state index in [9.17, 15) is 0 Å². The summed E-state index contributed by atoms with van der Waals surface area (Å²) in [5, 5.41) is 3.54. The molecule has 2 nitrogen and oxygen atoms in total. The van der Waals surface area contributed by atoms with Gasteiger partial charge in [0.25, 0.3) is 0 Å². The van der Waals surface area contributed by atoms with Crippen LogP contribution < -0.4 is 10.2 Å². The average Bonchev–Trinajstić information content (AvgIpc) is 2.65. The Hall–Kier alpha value is -1.80. The molecule has 0 radical (unpaired) electrons. The van der Waals surface area contributed by atoms with Crippen molar-refractivity contribution in [2.24, 2.45) is 0 Å². The second-order valence-corrected chi connectivity index (χ2v) is 9.88. The van der Waals surface area contributed by atoms with E-state index in [0.29, 0.717) is 6.04 Å². The molecule has 1 aliphatic carbocycles. The molecule has 144 valence electrons. The van der Waals surface area contributed by atoms with E-state index in [1.54, 1.807) is 0 Å². The standard InChI is InChI=1S/C25H34N2/c1-18-17-27(14-13-26-18)21-8-6-7-19(15-21)20-9-10-22-23(16-20)25(4,5)12-11-24(22,2)3/h6-10,15-16,18,26H,11-14,17H2,1-5H3. The van der Waals surface area contributed by atoms with Crippen molar-refractivity contribution in [3.63, 3.8) is 0 Å². The van der Waals surface area contributed by atoms with Gasteiger partial charge in [-0.3, -0.25) is 0 Å². The van der Waals surface area contributed by atoms with Gasteiger partial charge in [0.1, 0.15) is 0 Å². The lowest BCUT2D eigenvalue weighted by Crippen LogP contribution is -2.49. The van der Waals surface area contributed by atoms with Crippen molar-refractivity contribution < 1.29 is 0 Å². The number of rotatable bonds is 2. The first-order chi connectivity index (χ1) is 12.8. The molecule has 1 fully saturated rings. The van der Waals surface area contributed by atoms with Gasteiger partial charge in [0.05, 0.1) is 0 Å². The zero-order valence-corrected chi connectivity index (χ0v) is 17.6. The van der Waals surface area contributed by atoms with Gasteiger partial charge < -0.3 is 10.2 Å². The Morgan fingerprint density at radius 2 is 1.59 bits per heavy atom. The smallest absolute Gasteiger partial charge is 0.0373 e. The molecule has 1 heterocycles. The minimum absolute atomic E-state index is 0.256. The quantitative estimate of drug-likeness (QED) is 0.759. The van der Waals surface area contributed by atoms with Crippen molar-refractivity contribution >= 4 is 5.69 Å². The Balaban J connectivity index is 1.71. The van der Waals surface area contributed by atoms with Crippen LogP contribution in [0.15, 0.2) is 42.5 Å². The molecule has 1 saturated heterocycles. The molecule has 0 spiro atoms. The molecule has 2 aromatic rings. The number of hydrogen-bond donors (Lipinski definition) is 1. The van der Waals surface area contributed by atoms with Crippen molar-refractivity contribution in [3.05, 3.63) is 53.6 Å². The summed E-state index contributed by atoms with van der Waals surface area (Å²) in [5.74, 6) is 0. The van der Waals surface area contributed by atoms with Gasteiger partial charge >= 0.3 is 0 Å². The zero-order chi connectivity index (χ0) is 19.2. The number of benzene rings is 2. The minimum Gasteiger partial charge on any atom is -0.369 e. The number of anilines is 1. The molecule has 1 unspecified atom stereocenters. The van der Waals surface area contributed by atoms with Gasteiger partial charge in [-0.2, -0.15) is 0 Å². The minimum atomic E-state index is 0.256. The number of fused-ring (bicyclic) bond motifs is 1. The van der Waals surface area contributed by atoms with Gasteiger partial charge in [-0.1, -0.05) is 58.0 Å². The Kier molecular flexibility index (Phi) is 4.58. The molecular weight excluding hydrogens is 328 g/mol.